The van der Waals surface area contributed by atoms with Crippen LogP contribution in [0.3, 0.4) is 0 Å². The first kappa shape index (κ1) is 15.2. The van der Waals surface area contributed by atoms with E-state index in [1.54, 1.807) is 0 Å². The Morgan fingerprint density at radius 1 is 0.857 bits per heavy atom. The number of nitrogens with zero attached hydrogens (tertiary/aromatic N) is 2. The predicted octanol–water partition coefficient (Wildman–Crippen LogP) is 5.72. The highest BCUT2D eigenvalue weighted by Crippen LogP contribution is 2.29. The van der Waals surface area contributed by atoms with Crippen molar-refractivity contribution in [2.75, 3.05) is 0 Å². The fraction of sp³-hybridized carbons (Fsp3) is 0.263. The molecule has 108 valence electrons. The molecule has 0 saturated carbocycles. The molecular formula is C19H22N2. The van der Waals surface area contributed by atoms with E-state index in [1.165, 1.54) is 16.7 Å². The van der Waals surface area contributed by atoms with Crippen molar-refractivity contribution in [3.63, 3.8) is 0 Å². The van der Waals surface area contributed by atoms with Gasteiger partial charge in [-0.3, -0.25) is 0 Å². The van der Waals surface area contributed by atoms with Crippen LogP contribution in [0.2, 0.25) is 0 Å². The molecular weight excluding hydrogens is 256 g/mol. The van der Waals surface area contributed by atoms with Gasteiger partial charge in [-0.15, -0.1) is 0 Å². The van der Waals surface area contributed by atoms with E-state index in [9.17, 15) is 0 Å². The molecule has 2 nitrogen and oxygen atoms in total. The molecule has 0 unspecified atom stereocenters. The van der Waals surface area contributed by atoms with E-state index in [4.69, 9.17) is 0 Å². The van der Waals surface area contributed by atoms with Crippen molar-refractivity contribution >= 4 is 5.57 Å². The normalized spacial score (nSPS) is 11.0. The van der Waals surface area contributed by atoms with Crippen molar-refractivity contribution in [3.05, 3.63) is 77.5 Å². The second-order valence-corrected chi connectivity index (χ2v) is 5.22. The van der Waals surface area contributed by atoms with Gasteiger partial charge in [0, 0.05) is 5.57 Å². The zero-order valence-corrected chi connectivity index (χ0v) is 13.0. The van der Waals surface area contributed by atoms with Gasteiger partial charge in [0.25, 0.3) is 0 Å². The lowest BCUT2D eigenvalue weighted by atomic mass is 9.95. The van der Waals surface area contributed by atoms with E-state index in [0.29, 0.717) is 0 Å². The Morgan fingerprint density at radius 2 is 1.33 bits per heavy atom. The molecule has 0 fully saturated rings. The van der Waals surface area contributed by atoms with Gasteiger partial charge < -0.3 is 0 Å². The van der Waals surface area contributed by atoms with Gasteiger partial charge in [0.2, 0.25) is 0 Å². The molecule has 0 amide bonds. The third-order valence-corrected chi connectivity index (χ3v) is 3.16. The molecule has 0 heterocycles. The summed E-state index contributed by atoms with van der Waals surface area (Å²) >= 11 is 0. The van der Waals surface area contributed by atoms with Crippen molar-refractivity contribution in [2.45, 2.75) is 33.2 Å². The zero-order valence-electron chi connectivity index (χ0n) is 13.0. The molecule has 0 aromatic heterocycles. The molecule has 0 aliphatic rings. The molecule has 21 heavy (non-hydrogen) atoms. The van der Waals surface area contributed by atoms with E-state index in [-0.39, 0.29) is 6.04 Å². The maximum Gasteiger partial charge on any atom is 0.0707 e. The summed E-state index contributed by atoms with van der Waals surface area (Å²) in [4.78, 5) is 0. The Bertz CT molecular complexity index is 569. The first-order valence-corrected chi connectivity index (χ1v) is 7.47. The fourth-order valence-electron chi connectivity index (χ4n) is 2.19. The van der Waals surface area contributed by atoms with Crippen LogP contribution >= 0.6 is 0 Å². The Balaban J connectivity index is 2.59. The lowest BCUT2D eigenvalue weighted by Crippen LogP contribution is -1.94. The topological polar surface area (TPSA) is 24.7 Å². The van der Waals surface area contributed by atoms with E-state index in [1.807, 2.05) is 26.0 Å². The van der Waals surface area contributed by atoms with E-state index in [0.717, 1.165) is 12.1 Å². The lowest BCUT2D eigenvalue weighted by molar-refractivity contribution is 0.759. The molecule has 0 spiro atoms. The average molecular weight is 278 g/mol. The molecule has 2 aromatic carbocycles. The van der Waals surface area contributed by atoms with Gasteiger partial charge in [-0.05, 0) is 31.4 Å². The fourth-order valence-corrected chi connectivity index (χ4v) is 2.19. The molecule has 2 heteroatoms. The number of allylic oxidation sites excluding steroid dienone is 1. The summed E-state index contributed by atoms with van der Waals surface area (Å²) in [6, 6.07) is 21.0. The van der Waals surface area contributed by atoms with Gasteiger partial charge in [0.15, 0.2) is 0 Å². The molecule has 0 aliphatic heterocycles. The van der Waals surface area contributed by atoms with E-state index < -0.39 is 0 Å². The van der Waals surface area contributed by atoms with Crippen LogP contribution in [-0.2, 0) is 0 Å². The first-order chi connectivity index (χ1) is 10.2. The molecule has 0 bridgehead atoms. The summed E-state index contributed by atoms with van der Waals surface area (Å²) in [5.41, 5.74) is 4.57. The minimum Gasteiger partial charge on any atom is -0.186 e. The Labute approximate surface area is 127 Å². The highest BCUT2D eigenvalue weighted by molar-refractivity contribution is 5.81. The van der Waals surface area contributed by atoms with E-state index in [2.05, 4.69) is 65.7 Å². The SMILES string of the molecule is CCC(N=NC(C)C)=C(c1ccccc1)c1ccccc1. The second kappa shape index (κ2) is 7.53. The molecule has 0 N–H and O–H groups in total. The van der Waals surface area contributed by atoms with Gasteiger partial charge in [-0.2, -0.15) is 10.2 Å². The highest BCUT2D eigenvalue weighted by Gasteiger charge is 2.10. The van der Waals surface area contributed by atoms with Gasteiger partial charge >= 0.3 is 0 Å². The quantitative estimate of drug-likeness (QED) is 0.625. The minimum atomic E-state index is 0.208. The standard InChI is InChI=1S/C19H22N2/c1-4-18(21-20-15(2)3)19(16-11-7-5-8-12-16)17-13-9-6-10-14-17/h5-15H,4H2,1-3H3. The second-order valence-electron chi connectivity index (χ2n) is 5.22. The van der Waals surface area contributed by atoms with Crippen molar-refractivity contribution in [3.8, 4) is 0 Å². The van der Waals surface area contributed by atoms with Crippen molar-refractivity contribution in [1.29, 1.82) is 0 Å². The predicted molar refractivity (Wildman–Crippen MR) is 89.2 cm³/mol. The number of hydrogen-bond acceptors (Lipinski definition) is 2. The molecule has 0 atom stereocenters. The largest absolute Gasteiger partial charge is 0.186 e. The highest BCUT2D eigenvalue weighted by atomic mass is 15.1. The van der Waals surface area contributed by atoms with Crippen LogP contribution in [-0.4, -0.2) is 6.04 Å². The number of benzene rings is 2. The summed E-state index contributed by atoms with van der Waals surface area (Å²) in [7, 11) is 0. The van der Waals surface area contributed by atoms with Crippen LogP contribution in [0.5, 0.6) is 0 Å². The summed E-state index contributed by atoms with van der Waals surface area (Å²) in [5, 5.41) is 8.83. The molecule has 2 aromatic rings. The third-order valence-electron chi connectivity index (χ3n) is 3.16. The van der Waals surface area contributed by atoms with Crippen molar-refractivity contribution in [2.24, 2.45) is 10.2 Å². The Kier molecular flexibility index (Phi) is 5.44. The van der Waals surface area contributed by atoms with E-state index >= 15 is 0 Å². The Hall–Kier alpha value is -2.22. The van der Waals surface area contributed by atoms with Crippen molar-refractivity contribution < 1.29 is 0 Å². The summed E-state index contributed by atoms with van der Waals surface area (Å²) < 4.78 is 0. The van der Waals surface area contributed by atoms with Gasteiger partial charge in [-0.25, -0.2) is 0 Å². The molecule has 2 rings (SSSR count). The maximum atomic E-state index is 4.50. The summed E-state index contributed by atoms with van der Waals surface area (Å²) in [6.07, 6.45) is 0.856. The monoisotopic (exact) mass is 278 g/mol. The van der Waals surface area contributed by atoms with Gasteiger partial charge in [-0.1, -0.05) is 67.6 Å². The van der Waals surface area contributed by atoms with Crippen LogP contribution in [0.4, 0.5) is 0 Å². The zero-order chi connectivity index (χ0) is 15.1. The van der Waals surface area contributed by atoms with Crippen LogP contribution in [0.15, 0.2) is 76.6 Å². The Morgan fingerprint density at radius 3 is 1.71 bits per heavy atom. The molecule has 0 radical (unpaired) electrons. The first-order valence-electron chi connectivity index (χ1n) is 7.47. The van der Waals surface area contributed by atoms with Gasteiger partial charge in [0.1, 0.15) is 0 Å². The number of azo groups is 1. The summed E-state index contributed by atoms with van der Waals surface area (Å²) in [5.74, 6) is 0. The third kappa shape index (κ3) is 4.12. The lowest BCUT2D eigenvalue weighted by Gasteiger charge is -2.12. The smallest absolute Gasteiger partial charge is 0.0707 e. The minimum absolute atomic E-state index is 0.208. The van der Waals surface area contributed by atoms with Gasteiger partial charge in [0.05, 0.1) is 11.7 Å². The van der Waals surface area contributed by atoms with Crippen LogP contribution in [0, 0.1) is 0 Å². The summed E-state index contributed by atoms with van der Waals surface area (Å²) in [6.45, 7) is 6.21. The molecule has 0 aliphatic carbocycles. The average Bonchev–Trinajstić information content (AvgIpc) is 2.53. The van der Waals surface area contributed by atoms with Crippen LogP contribution in [0.25, 0.3) is 5.57 Å². The number of hydrogen-bond donors (Lipinski definition) is 0. The van der Waals surface area contributed by atoms with Crippen LogP contribution in [0.1, 0.15) is 38.3 Å². The molecule has 0 saturated heterocycles. The number of rotatable bonds is 5. The maximum absolute atomic E-state index is 4.50. The van der Waals surface area contributed by atoms with Crippen molar-refractivity contribution in [1.82, 2.24) is 0 Å². The van der Waals surface area contributed by atoms with Crippen LogP contribution < -0.4 is 0 Å².